The number of ether oxygens (including phenoxy) is 2. The van der Waals surface area contributed by atoms with Gasteiger partial charge in [0.15, 0.2) is 0 Å². The minimum absolute atomic E-state index is 0.267. The maximum absolute atomic E-state index is 6.38. The highest BCUT2D eigenvalue weighted by Crippen LogP contribution is 2.22. The van der Waals surface area contributed by atoms with E-state index in [9.17, 15) is 0 Å². The Morgan fingerprint density at radius 2 is 0.767 bits per heavy atom. The van der Waals surface area contributed by atoms with Crippen LogP contribution < -0.4 is 0 Å². The first kappa shape index (κ1) is 39.9. The summed E-state index contributed by atoms with van der Waals surface area (Å²) in [6.45, 7) is 8.45. The van der Waals surface area contributed by atoms with Gasteiger partial charge in [-0.15, -0.1) is 0 Å². The lowest BCUT2D eigenvalue weighted by molar-refractivity contribution is -0.880. The monoisotopic (exact) mass is 601 g/mol. The average Bonchev–Trinajstić information content (AvgIpc) is 3.29. The quantitative estimate of drug-likeness (QED) is 0.0464. The highest BCUT2D eigenvalue weighted by molar-refractivity contribution is 4.93. The largest absolute Gasteiger partial charge is 0.369 e. The lowest BCUT2D eigenvalue weighted by Gasteiger charge is -2.22. The summed E-state index contributed by atoms with van der Waals surface area (Å²) in [5.41, 5.74) is 0. The zero-order valence-corrected chi connectivity index (χ0v) is 29.4. The molecule has 3 nitrogen and oxygen atoms in total. The maximum atomic E-state index is 6.38. The first-order chi connectivity index (χ1) is 21.1. The Morgan fingerprint density at radius 3 is 1.14 bits per heavy atom. The molecule has 1 saturated heterocycles. The molecule has 250 valence electrons. The summed E-state index contributed by atoms with van der Waals surface area (Å²) in [4.78, 5) is 0. The van der Waals surface area contributed by atoms with E-state index in [1.807, 2.05) is 0 Å². The Bertz CT molecular complexity index is 649. The summed E-state index contributed by atoms with van der Waals surface area (Å²) in [5, 5.41) is 0. The zero-order valence-electron chi connectivity index (χ0n) is 29.4. The molecule has 0 bridgehead atoms. The number of allylic oxidation sites excluding steroid dienone is 8. The highest BCUT2D eigenvalue weighted by Gasteiger charge is 2.41. The summed E-state index contributed by atoms with van der Waals surface area (Å²) < 4.78 is 13.8. The molecule has 1 aliphatic rings. The second-order valence-corrected chi connectivity index (χ2v) is 13.6. The van der Waals surface area contributed by atoms with Crippen molar-refractivity contribution in [3.63, 3.8) is 0 Å². The van der Waals surface area contributed by atoms with Gasteiger partial charge in [-0.3, -0.25) is 0 Å². The topological polar surface area (TPSA) is 18.5 Å². The van der Waals surface area contributed by atoms with E-state index in [0.717, 1.165) is 43.6 Å². The molecule has 0 aromatic carbocycles. The van der Waals surface area contributed by atoms with E-state index in [1.165, 1.54) is 128 Å². The molecule has 0 N–H and O–H groups in total. The van der Waals surface area contributed by atoms with Gasteiger partial charge >= 0.3 is 0 Å². The van der Waals surface area contributed by atoms with Crippen LogP contribution in [0.4, 0.5) is 0 Å². The third-order valence-corrected chi connectivity index (χ3v) is 8.62. The van der Waals surface area contributed by atoms with Crippen LogP contribution in [0, 0.1) is 0 Å². The second kappa shape index (κ2) is 29.5. The molecule has 0 spiro atoms. The summed E-state index contributed by atoms with van der Waals surface area (Å²) in [6, 6.07) is 0. The Kier molecular flexibility index (Phi) is 27.4. The predicted molar refractivity (Wildman–Crippen MR) is 191 cm³/mol. The number of rotatable bonds is 30. The normalized spacial score (nSPS) is 18.9. The van der Waals surface area contributed by atoms with Gasteiger partial charge in [-0.1, -0.05) is 140 Å². The van der Waals surface area contributed by atoms with Crippen LogP contribution in [0.1, 0.15) is 155 Å². The summed E-state index contributed by atoms with van der Waals surface area (Å²) >= 11 is 0. The van der Waals surface area contributed by atoms with Crippen molar-refractivity contribution < 1.29 is 14.0 Å². The zero-order chi connectivity index (χ0) is 31.1. The summed E-state index contributed by atoms with van der Waals surface area (Å²) in [7, 11) is 4.64. The molecule has 1 rings (SSSR count). The minimum atomic E-state index is 0.267. The lowest BCUT2D eigenvalue weighted by atomic mass is 10.1. The van der Waals surface area contributed by atoms with Crippen molar-refractivity contribution in [2.75, 3.05) is 40.4 Å². The van der Waals surface area contributed by atoms with Crippen molar-refractivity contribution in [1.29, 1.82) is 0 Å². The maximum Gasteiger partial charge on any atom is 0.138 e. The molecule has 0 aliphatic carbocycles. The van der Waals surface area contributed by atoms with Gasteiger partial charge in [-0.2, -0.15) is 0 Å². The minimum Gasteiger partial charge on any atom is -0.369 e. The molecule has 1 fully saturated rings. The smallest absolute Gasteiger partial charge is 0.138 e. The molecule has 2 atom stereocenters. The van der Waals surface area contributed by atoms with E-state index in [0.29, 0.717) is 0 Å². The van der Waals surface area contributed by atoms with E-state index in [2.05, 4.69) is 76.6 Å². The molecule has 3 heteroatoms. The van der Waals surface area contributed by atoms with Crippen LogP contribution in [0.2, 0.25) is 0 Å². The second-order valence-electron chi connectivity index (χ2n) is 13.6. The van der Waals surface area contributed by atoms with E-state index < -0.39 is 0 Å². The molecule has 0 aromatic rings. The number of unbranched alkanes of at least 4 members (excludes halogenated alkanes) is 16. The Hall–Kier alpha value is -1.16. The van der Waals surface area contributed by atoms with Gasteiger partial charge in [0.1, 0.15) is 25.3 Å². The van der Waals surface area contributed by atoms with Gasteiger partial charge in [0.2, 0.25) is 0 Å². The SMILES string of the molecule is CCCC/C=C\C/C=C\CCCCCCCCO[C@H]1C[N+](C)(C)C[C@@H]1OCCCCCCCC/C=C\C/C=C\CCCC. The number of likely N-dealkylation sites (tertiary alicyclic amines) is 1. The molecule has 43 heavy (non-hydrogen) atoms. The summed E-state index contributed by atoms with van der Waals surface area (Å²) in [6.07, 6.45) is 47.3. The van der Waals surface area contributed by atoms with Crippen LogP contribution in [0.5, 0.6) is 0 Å². The fourth-order valence-electron chi connectivity index (χ4n) is 5.87. The molecule has 0 radical (unpaired) electrons. The third kappa shape index (κ3) is 25.8. The molecule has 0 amide bonds. The molecule has 0 saturated carbocycles. The summed E-state index contributed by atoms with van der Waals surface area (Å²) in [5.74, 6) is 0. The van der Waals surface area contributed by atoms with Gasteiger partial charge < -0.3 is 14.0 Å². The molecule has 0 unspecified atom stereocenters. The average molecular weight is 601 g/mol. The Morgan fingerprint density at radius 1 is 0.442 bits per heavy atom. The molecular weight excluding hydrogens is 526 g/mol. The highest BCUT2D eigenvalue weighted by atomic mass is 16.5. The van der Waals surface area contributed by atoms with Crippen LogP contribution in [-0.4, -0.2) is 57.1 Å². The van der Waals surface area contributed by atoms with Crippen LogP contribution >= 0.6 is 0 Å². The Labute approximate surface area is 269 Å². The fourth-order valence-corrected chi connectivity index (χ4v) is 5.87. The van der Waals surface area contributed by atoms with Gasteiger partial charge in [0.05, 0.1) is 14.1 Å². The number of hydrogen-bond acceptors (Lipinski definition) is 2. The van der Waals surface area contributed by atoms with Crippen molar-refractivity contribution in [3.05, 3.63) is 48.6 Å². The van der Waals surface area contributed by atoms with E-state index in [4.69, 9.17) is 9.47 Å². The molecule has 1 aliphatic heterocycles. The Balaban J connectivity index is 1.97. The van der Waals surface area contributed by atoms with E-state index in [1.54, 1.807) is 0 Å². The van der Waals surface area contributed by atoms with E-state index >= 15 is 0 Å². The van der Waals surface area contributed by atoms with Crippen molar-refractivity contribution >= 4 is 0 Å². The fraction of sp³-hybridized carbons (Fsp3) is 0.800. The van der Waals surface area contributed by atoms with Crippen molar-refractivity contribution in [1.82, 2.24) is 0 Å². The van der Waals surface area contributed by atoms with Crippen LogP contribution in [0.15, 0.2) is 48.6 Å². The molecule has 0 aromatic heterocycles. The number of quaternary nitrogens is 1. The van der Waals surface area contributed by atoms with Crippen LogP contribution in [0.3, 0.4) is 0 Å². The molecule has 1 heterocycles. The lowest BCUT2D eigenvalue weighted by Crippen LogP contribution is -2.38. The van der Waals surface area contributed by atoms with Crippen LogP contribution in [-0.2, 0) is 9.47 Å². The van der Waals surface area contributed by atoms with Crippen LogP contribution in [0.25, 0.3) is 0 Å². The third-order valence-electron chi connectivity index (χ3n) is 8.62. The number of likely N-dealkylation sites (N-methyl/N-ethyl adjacent to an activating group) is 1. The van der Waals surface area contributed by atoms with Gasteiger partial charge in [0.25, 0.3) is 0 Å². The first-order valence-corrected chi connectivity index (χ1v) is 18.7. The first-order valence-electron chi connectivity index (χ1n) is 18.7. The van der Waals surface area contributed by atoms with E-state index in [-0.39, 0.29) is 12.2 Å². The van der Waals surface area contributed by atoms with Gasteiger partial charge in [0, 0.05) is 13.2 Å². The standard InChI is InChI=1S/C40H74NO2/c1-5-7-9-11-13-15-17-19-21-23-25-27-29-31-33-35-42-39-37-41(3,4)38-40(39)43-36-34-32-30-28-26-24-22-20-18-16-14-12-10-8-6-2/h11-14,17-20,39-40H,5-10,15-16,21-38H2,1-4H3/q+1/b13-11-,14-12-,19-17-,20-18-/t39-,40-/m0/s1. The van der Waals surface area contributed by atoms with Crippen molar-refractivity contribution in [2.24, 2.45) is 0 Å². The number of nitrogens with zero attached hydrogens (tertiary/aromatic N) is 1. The predicted octanol–water partition coefficient (Wildman–Crippen LogP) is 11.7. The van der Waals surface area contributed by atoms with Crippen molar-refractivity contribution in [2.45, 2.75) is 167 Å². The van der Waals surface area contributed by atoms with Gasteiger partial charge in [-0.05, 0) is 64.2 Å². The van der Waals surface area contributed by atoms with Gasteiger partial charge in [-0.25, -0.2) is 0 Å². The number of hydrogen-bond donors (Lipinski definition) is 0. The van der Waals surface area contributed by atoms with Crippen molar-refractivity contribution in [3.8, 4) is 0 Å². The molecular formula is C40H74NO2+.